The predicted octanol–water partition coefficient (Wildman–Crippen LogP) is 3.60. The average Bonchev–Trinajstić information content (AvgIpc) is 3.02. The molecule has 1 saturated carbocycles. The molecule has 0 radical (unpaired) electrons. The fourth-order valence-electron chi connectivity index (χ4n) is 2.76. The Morgan fingerprint density at radius 2 is 2.04 bits per heavy atom. The summed E-state index contributed by atoms with van der Waals surface area (Å²) in [5.41, 5.74) is 0.400. The molecule has 5 nitrogen and oxygen atoms in total. The first kappa shape index (κ1) is 17.6. The van der Waals surface area contributed by atoms with E-state index in [1.54, 1.807) is 18.2 Å². The summed E-state index contributed by atoms with van der Waals surface area (Å²) in [5, 5.41) is 9.27. The van der Waals surface area contributed by atoms with Crippen molar-refractivity contribution in [2.75, 3.05) is 13.1 Å². The molecule has 1 aromatic carbocycles. The maximum Gasteiger partial charge on any atom is 0.305 e. The number of carboxylic acids is 1. The van der Waals surface area contributed by atoms with Crippen LogP contribution in [-0.2, 0) is 4.79 Å². The van der Waals surface area contributed by atoms with E-state index in [0.29, 0.717) is 22.9 Å². The van der Waals surface area contributed by atoms with Crippen molar-refractivity contribution in [3.8, 4) is 5.75 Å². The fraction of sp³-hybridized carbons (Fsp3) is 0.529. The molecule has 23 heavy (non-hydrogen) atoms. The van der Waals surface area contributed by atoms with Gasteiger partial charge in [-0.25, -0.2) is 0 Å². The summed E-state index contributed by atoms with van der Waals surface area (Å²) in [6.07, 6.45) is 4.32. The molecule has 1 amide bonds. The van der Waals surface area contributed by atoms with Crippen LogP contribution in [0.15, 0.2) is 18.2 Å². The van der Waals surface area contributed by atoms with Gasteiger partial charge >= 0.3 is 5.97 Å². The lowest BCUT2D eigenvalue weighted by molar-refractivity contribution is -0.137. The molecule has 1 aliphatic carbocycles. The van der Waals surface area contributed by atoms with Crippen molar-refractivity contribution in [2.45, 2.75) is 45.1 Å². The highest BCUT2D eigenvalue weighted by molar-refractivity contribution is 6.31. The van der Waals surface area contributed by atoms with Crippen molar-refractivity contribution in [1.82, 2.24) is 4.90 Å². The summed E-state index contributed by atoms with van der Waals surface area (Å²) in [5.74, 6) is -0.644. The number of hydrogen-bond acceptors (Lipinski definition) is 3. The van der Waals surface area contributed by atoms with E-state index in [9.17, 15) is 9.59 Å². The Kier molecular flexibility index (Phi) is 6.28. The summed E-state index contributed by atoms with van der Waals surface area (Å²) >= 11 is 6.03. The minimum Gasteiger partial charge on any atom is -0.490 e. The summed E-state index contributed by atoms with van der Waals surface area (Å²) in [7, 11) is 0. The minimum absolute atomic E-state index is 0.0844. The third-order valence-electron chi connectivity index (χ3n) is 4.03. The van der Waals surface area contributed by atoms with Gasteiger partial charge in [-0.3, -0.25) is 9.59 Å². The minimum atomic E-state index is -0.926. The Balaban J connectivity index is 2.19. The van der Waals surface area contributed by atoms with Gasteiger partial charge in [0.2, 0.25) is 0 Å². The number of carbonyl (C=O) groups excluding carboxylic acids is 1. The normalized spacial score (nSPS) is 14.7. The number of amides is 1. The second kappa shape index (κ2) is 8.20. The van der Waals surface area contributed by atoms with E-state index in [4.69, 9.17) is 21.4 Å². The van der Waals surface area contributed by atoms with E-state index in [2.05, 4.69) is 0 Å². The van der Waals surface area contributed by atoms with Crippen LogP contribution >= 0.6 is 11.6 Å². The molecule has 0 unspecified atom stereocenters. The van der Waals surface area contributed by atoms with Gasteiger partial charge in [-0.2, -0.15) is 0 Å². The standard InChI is InChI=1S/C17H22ClNO4/c1-2-19(10-9-16(20)21)17(22)14-11-12(18)7-8-15(14)23-13-5-3-4-6-13/h7-8,11,13H,2-6,9-10H2,1H3,(H,20,21). The quantitative estimate of drug-likeness (QED) is 0.824. The number of aliphatic carboxylic acids is 1. The second-order valence-corrected chi connectivity index (χ2v) is 6.13. The van der Waals surface area contributed by atoms with Gasteiger partial charge in [0, 0.05) is 18.1 Å². The number of ether oxygens (including phenoxy) is 1. The zero-order valence-electron chi connectivity index (χ0n) is 13.3. The van der Waals surface area contributed by atoms with Crippen LogP contribution < -0.4 is 4.74 Å². The van der Waals surface area contributed by atoms with Gasteiger partial charge in [-0.1, -0.05) is 11.6 Å². The van der Waals surface area contributed by atoms with Crippen LogP contribution in [0.5, 0.6) is 5.75 Å². The van der Waals surface area contributed by atoms with Crippen molar-refractivity contribution in [2.24, 2.45) is 0 Å². The van der Waals surface area contributed by atoms with Crippen LogP contribution in [0.3, 0.4) is 0 Å². The number of hydrogen-bond donors (Lipinski definition) is 1. The molecule has 1 aliphatic rings. The molecular formula is C17H22ClNO4. The molecule has 0 spiro atoms. The molecule has 0 atom stereocenters. The van der Waals surface area contributed by atoms with E-state index >= 15 is 0 Å². The van der Waals surface area contributed by atoms with Crippen molar-refractivity contribution < 1.29 is 19.4 Å². The molecule has 0 heterocycles. The lowest BCUT2D eigenvalue weighted by Gasteiger charge is -2.23. The molecule has 1 N–H and O–H groups in total. The molecule has 1 aromatic rings. The lowest BCUT2D eigenvalue weighted by atomic mass is 10.1. The highest BCUT2D eigenvalue weighted by Crippen LogP contribution is 2.29. The highest BCUT2D eigenvalue weighted by Gasteiger charge is 2.23. The summed E-state index contributed by atoms with van der Waals surface area (Å²) in [6.45, 7) is 2.42. The molecule has 6 heteroatoms. The topological polar surface area (TPSA) is 66.8 Å². The molecule has 0 aromatic heterocycles. The van der Waals surface area contributed by atoms with Gasteiger partial charge < -0.3 is 14.7 Å². The zero-order chi connectivity index (χ0) is 16.8. The van der Waals surface area contributed by atoms with E-state index in [1.807, 2.05) is 6.92 Å². The van der Waals surface area contributed by atoms with Crippen molar-refractivity contribution >= 4 is 23.5 Å². The molecule has 0 aliphatic heterocycles. The van der Waals surface area contributed by atoms with E-state index < -0.39 is 5.97 Å². The van der Waals surface area contributed by atoms with E-state index in [0.717, 1.165) is 25.7 Å². The Morgan fingerprint density at radius 3 is 2.65 bits per heavy atom. The smallest absolute Gasteiger partial charge is 0.305 e. The Labute approximate surface area is 141 Å². The van der Waals surface area contributed by atoms with Crippen molar-refractivity contribution in [3.05, 3.63) is 28.8 Å². The van der Waals surface area contributed by atoms with Gasteiger partial charge in [0.25, 0.3) is 5.91 Å². The number of carbonyl (C=O) groups is 2. The Hall–Kier alpha value is -1.75. The van der Waals surface area contributed by atoms with Crippen LogP contribution in [0.25, 0.3) is 0 Å². The van der Waals surface area contributed by atoms with Gasteiger partial charge in [0.05, 0.1) is 18.1 Å². The summed E-state index contributed by atoms with van der Waals surface area (Å²) < 4.78 is 5.98. The molecule has 0 bridgehead atoms. The van der Waals surface area contributed by atoms with E-state index in [-0.39, 0.29) is 25.0 Å². The first-order chi connectivity index (χ1) is 11.0. The lowest BCUT2D eigenvalue weighted by Crippen LogP contribution is -2.33. The highest BCUT2D eigenvalue weighted by atomic mass is 35.5. The maximum absolute atomic E-state index is 12.7. The number of rotatable bonds is 7. The van der Waals surface area contributed by atoms with Crippen LogP contribution in [0.4, 0.5) is 0 Å². The number of nitrogens with zero attached hydrogens (tertiary/aromatic N) is 1. The monoisotopic (exact) mass is 339 g/mol. The largest absolute Gasteiger partial charge is 0.490 e. The van der Waals surface area contributed by atoms with Crippen molar-refractivity contribution in [1.29, 1.82) is 0 Å². The van der Waals surface area contributed by atoms with Gasteiger partial charge in [-0.05, 0) is 50.8 Å². The van der Waals surface area contributed by atoms with Gasteiger partial charge in [-0.15, -0.1) is 0 Å². The van der Waals surface area contributed by atoms with Gasteiger partial charge in [0.15, 0.2) is 0 Å². The molecule has 1 fully saturated rings. The molecular weight excluding hydrogens is 318 g/mol. The van der Waals surface area contributed by atoms with E-state index in [1.165, 1.54) is 4.90 Å². The Bertz CT molecular complexity index is 570. The maximum atomic E-state index is 12.7. The van der Waals surface area contributed by atoms with Crippen LogP contribution in [-0.4, -0.2) is 41.1 Å². The molecule has 0 saturated heterocycles. The fourth-order valence-corrected chi connectivity index (χ4v) is 2.93. The number of benzene rings is 1. The van der Waals surface area contributed by atoms with Crippen LogP contribution in [0, 0.1) is 0 Å². The third-order valence-corrected chi connectivity index (χ3v) is 4.27. The van der Waals surface area contributed by atoms with Crippen LogP contribution in [0.2, 0.25) is 5.02 Å². The summed E-state index contributed by atoms with van der Waals surface area (Å²) in [4.78, 5) is 25.0. The molecule has 126 valence electrons. The zero-order valence-corrected chi connectivity index (χ0v) is 14.0. The summed E-state index contributed by atoms with van der Waals surface area (Å²) in [6, 6.07) is 5.02. The molecule has 2 rings (SSSR count). The van der Waals surface area contributed by atoms with Crippen molar-refractivity contribution in [3.63, 3.8) is 0 Å². The average molecular weight is 340 g/mol. The van der Waals surface area contributed by atoms with Crippen LogP contribution in [0.1, 0.15) is 49.4 Å². The van der Waals surface area contributed by atoms with Gasteiger partial charge in [0.1, 0.15) is 5.75 Å². The number of carboxylic acid groups (broad SMARTS) is 1. The predicted molar refractivity (Wildman–Crippen MR) is 88.2 cm³/mol. The Morgan fingerprint density at radius 1 is 1.35 bits per heavy atom. The first-order valence-corrected chi connectivity index (χ1v) is 8.36. The number of halogens is 1. The third kappa shape index (κ3) is 4.86. The SMILES string of the molecule is CCN(CCC(=O)O)C(=O)c1cc(Cl)ccc1OC1CCCC1. The second-order valence-electron chi connectivity index (χ2n) is 5.69. The first-order valence-electron chi connectivity index (χ1n) is 7.98.